The van der Waals surface area contributed by atoms with Crippen LogP contribution in [0.2, 0.25) is 0 Å². The molecule has 1 saturated heterocycles. The molecule has 0 spiro atoms. The SMILES string of the molecule is Cc1ccc(C(C)C)cc1OC(C)C(=O)NCC(C(=O)O)C1CCOCC1. The second-order valence-corrected chi connectivity index (χ2v) is 7.58. The number of carboxylic acid groups (broad SMARTS) is 1. The summed E-state index contributed by atoms with van der Waals surface area (Å²) in [7, 11) is 0. The summed E-state index contributed by atoms with van der Waals surface area (Å²) in [6.07, 6.45) is 0.718. The minimum absolute atomic E-state index is 0.0257. The summed E-state index contributed by atoms with van der Waals surface area (Å²) < 4.78 is 11.2. The Bertz CT molecular complexity index is 652. The maximum absolute atomic E-state index is 12.4. The van der Waals surface area contributed by atoms with Gasteiger partial charge >= 0.3 is 5.97 Å². The minimum atomic E-state index is -0.878. The van der Waals surface area contributed by atoms with Crippen molar-refractivity contribution in [2.24, 2.45) is 11.8 Å². The molecule has 2 N–H and O–H groups in total. The third-order valence-electron chi connectivity index (χ3n) is 5.20. The highest BCUT2D eigenvalue weighted by Crippen LogP contribution is 2.26. The van der Waals surface area contributed by atoms with E-state index >= 15 is 0 Å². The van der Waals surface area contributed by atoms with E-state index in [2.05, 4.69) is 25.2 Å². The molecular formula is C21H31NO5. The molecule has 1 aliphatic heterocycles. The molecule has 1 amide bonds. The summed E-state index contributed by atoms with van der Waals surface area (Å²) in [5, 5.41) is 12.3. The molecule has 1 fully saturated rings. The molecule has 0 radical (unpaired) electrons. The maximum atomic E-state index is 12.4. The van der Waals surface area contributed by atoms with Crippen molar-refractivity contribution < 1.29 is 24.2 Å². The average Bonchev–Trinajstić information content (AvgIpc) is 2.63. The first-order valence-corrected chi connectivity index (χ1v) is 9.65. The Kier molecular flexibility index (Phi) is 7.66. The lowest BCUT2D eigenvalue weighted by molar-refractivity contribution is -0.145. The molecule has 2 unspecified atom stereocenters. The Morgan fingerprint density at radius 1 is 1.26 bits per heavy atom. The van der Waals surface area contributed by atoms with Gasteiger partial charge in [-0.25, -0.2) is 0 Å². The van der Waals surface area contributed by atoms with E-state index in [9.17, 15) is 14.7 Å². The number of ether oxygens (including phenoxy) is 2. The predicted molar refractivity (Wildman–Crippen MR) is 103 cm³/mol. The third-order valence-corrected chi connectivity index (χ3v) is 5.20. The van der Waals surface area contributed by atoms with Crippen molar-refractivity contribution in [2.45, 2.75) is 52.6 Å². The Morgan fingerprint density at radius 3 is 2.52 bits per heavy atom. The highest BCUT2D eigenvalue weighted by Gasteiger charge is 2.30. The van der Waals surface area contributed by atoms with Crippen LogP contribution in [0.25, 0.3) is 0 Å². The second kappa shape index (κ2) is 9.74. The number of nitrogens with one attached hydrogen (secondary N) is 1. The van der Waals surface area contributed by atoms with E-state index in [1.165, 1.54) is 0 Å². The van der Waals surface area contributed by atoms with Gasteiger partial charge < -0.3 is 19.9 Å². The van der Waals surface area contributed by atoms with Crippen LogP contribution < -0.4 is 10.1 Å². The van der Waals surface area contributed by atoms with Crippen LogP contribution in [-0.2, 0) is 14.3 Å². The number of hydrogen-bond donors (Lipinski definition) is 2. The van der Waals surface area contributed by atoms with Crippen molar-refractivity contribution >= 4 is 11.9 Å². The molecule has 150 valence electrons. The first kappa shape index (κ1) is 21.2. The molecule has 1 aliphatic rings. The normalized spacial score (nSPS) is 17.4. The fourth-order valence-corrected chi connectivity index (χ4v) is 3.27. The second-order valence-electron chi connectivity index (χ2n) is 7.58. The average molecular weight is 377 g/mol. The summed E-state index contributed by atoms with van der Waals surface area (Å²) in [5.41, 5.74) is 2.11. The molecule has 2 atom stereocenters. The highest BCUT2D eigenvalue weighted by molar-refractivity contribution is 5.81. The smallest absolute Gasteiger partial charge is 0.308 e. The zero-order valence-corrected chi connectivity index (χ0v) is 16.7. The molecule has 6 nitrogen and oxygen atoms in total. The van der Waals surface area contributed by atoms with Crippen molar-refractivity contribution in [3.63, 3.8) is 0 Å². The van der Waals surface area contributed by atoms with E-state index in [1.807, 2.05) is 19.1 Å². The van der Waals surface area contributed by atoms with Crippen LogP contribution in [0.5, 0.6) is 5.75 Å². The number of aryl methyl sites for hydroxylation is 1. The lowest BCUT2D eigenvalue weighted by Gasteiger charge is -2.28. The van der Waals surface area contributed by atoms with E-state index in [-0.39, 0.29) is 18.4 Å². The van der Waals surface area contributed by atoms with Gasteiger partial charge in [-0.15, -0.1) is 0 Å². The van der Waals surface area contributed by atoms with E-state index in [0.29, 0.717) is 37.7 Å². The van der Waals surface area contributed by atoms with E-state index in [1.54, 1.807) is 6.92 Å². The van der Waals surface area contributed by atoms with Gasteiger partial charge in [0.25, 0.3) is 5.91 Å². The van der Waals surface area contributed by atoms with E-state index < -0.39 is 18.0 Å². The quantitative estimate of drug-likeness (QED) is 0.727. The molecule has 0 aromatic heterocycles. The molecule has 1 heterocycles. The molecule has 6 heteroatoms. The fraction of sp³-hybridized carbons (Fsp3) is 0.619. The minimum Gasteiger partial charge on any atom is -0.481 e. The van der Waals surface area contributed by atoms with Crippen LogP contribution in [0.1, 0.15) is 50.7 Å². The first-order valence-electron chi connectivity index (χ1n) is 9.65. The van der Waals surface area contributed by atoms with Crippen LogP contribution in [0.15, 0.2) is 18.2 Å². The van der Waals surface area contributed by atoms with Gasteiger partial charge in [-0.05, 0) is 55.7 Å². The number of carboxylic acids is 1. The van der Waals surface area contributed by atoms with Gasteiger partial charge in [-0.3, -0.25) is 9.59 Å². The summed E-state index contributed by atoms with van der Waals surface area (Å²) >= 11 is 0. The summed E-state index contributed by atoms with van der Waals surface area (Å²) in [5.74, 6) is -0.705. The summed E-state index contributed by atoms with van der Waals surface area (Å²) in [4.78, 5) is 24.0. The lowest BCUT2D eigenvalue weighted by Crippen LogP contribution is -2.43. The number of benzene rings is 1. The highest BCUT2D eigenvalue weighted by atomic mass is 16.5. The van der Waals surface area contributed by atoms with Gasteiger partial charge in [0.1, 0.15) is 5.75 Å². The molecule has 0 aliphatic carbocycles. The van der Waals surface area contributed by atoms with Gasteiger partial charge in [-0.1, -0.05) is 26.0 Å². The molecule has 1 aromatic carbocycles. The van der Waals surface area contributed by atoms with Crippen LogP contribution in [0.3, 0.4) is 0 Å². The third kappa shape index (κ3) is 5.96. The largest absolute Gasteiger partial charge is 0.481 e. The Labute approximate surface area is 161 Å². The zero-order chi connectivity index (χ0) is 20.0. The topological polar surface area (TPSA) is 84.9 Å². The lowest BCUT2D eigenvalue weighted by atomic mass is 9.86. The van der Waals surface area contributed by atoms with Gasteiger partial charge in [0.15, 0.2) is 6.10 Å². The fourth-order valence-electron chi connectivity index (χ4n) is 3.27. The van der Waals surface area contributed by atoms with Crippen LogP contribution in [0.4, 0.5) is 0 Å². The van der Waals surface area contributed by atoms with Crippen LogP contribution in [-0.4, -0.2) is 42.8 Å². The standard InChI is InChI=1S/C21H31NO5/c1-13(2)17-6-5-14(3)19(11-17)27-15(4)20(23)22-12-18(21(24)25)16-7-9-26-10-8-16/h5-6,11,13,15-16,18H,7-10,12H2,1-4H3,(H,22,23)(H,24,25). The van der Waals surface area contributed by atoms with Crippen LogP contribution in [0, 0.1) is 18.8 Å². The van der Waals surface area contributed by atoms with Gasteiger partial charge in [-0.2, -0.15) is 0 Å². The maximum Gasteiger partial charge on any atom is 0.308 e. The number of hydrogen-bond acceptors (Lipinski definition) is 4. The molecule has 27 heavy (non-hydrogen) atoms. The molecule has 2 rings (SSSR count). The van der Waals surface area contributed by atoms with Crippen molar-refractivity contribution in [3.05, 3.63) is 29.3 Å². The van der Waals surface area contributed by atoms with Crippen molar-refractivity contribution in [2.75, 3.05) is 19.8 Å². The first-order chi connectivity index (χ1) is 12.8. The number of aliphatic carboxylic acids is 1. The van der Waals surface area contributed by atoms with Gasteiger partial charge in [0.2, 0.25) is 0 Å². The summed E-state index contributed by atoms with van der Waals surface area (Å²) in [6.45, 7) is 9.09. The van der Waals surface area contributed by atoms with E-state index in [0.717, 1.165) is 11.1 Å². The number of rotatable bonds is 8. The Hall–Kier alpha value is -2.08. The van der Waals surface area contributed by atoms with Gasteiger partial charge in [0.05, 0.1) is 5.92 Å². The zero-order valence-electron chi connectivity index (χ0n) is 16.7. The monoisotopic (exact) mass is 377 g/mol. The van der Waals surface area contributed by atoms with Gasteiger partial charge in [0, 0.05) is 19.8 Å². The van der Waals surface area contributed by atoms with Crippen LogP contribution >= 0.6 is 0 Å². The summed E-state index contributed by atoms with van der Waals surface area (Å²) in [6, 6.07) is 6.01. The molecule has 0 bridgehead atoms. The molecule has 0 saturated carbocycles. The van der Waals surface area contributed by atoms with E-state index in [4.69, 9.17) is 9.47 Å². The molecular weight excluding hydrogens is 346 g/mol. The Balaban J connectivity index is 1.94. The number of carbonyl (C=O) groups is 2. The molecule has 1 aromatic rings. The predicted octanol–water partition coefficient (Wildman–Crippen LogP) is 3.13. The number of amides is 1. The van der Waals surface area contributed by atoms with Crippen molar-refractivity contribution in [3.8, 4) is 5.75 Å². The van der Waals surface area contributed by atoms with Crippen molar-refractivity contribution in [1.29, 1.82) is 0 Å². The van der Waals surface area contributed by atoms with Crippen molar-refractivity contribution in [1.82, 2.24) is 5.32 Å². The number of carbonyl (C=O) groups excluding carboxylic acids is 1. The Morgan fingerprint density at radius 2 is 1.93 bits per heavy atom.